The quantitative estimate of drug-likeness (QED) is 0.155. The van der Waals surface area contributed by atoms with Gasteiger partial charge < -0.3 is 24.0 Å². The molecule has 0 spiro atoms. The molecule has 2 aromatic heterocycles. The molecule has 0 saturated carbocycles. The van der Waals surface area contributed by atoms with Crippen molar-refractivity contribution >= 4 is 36.7 Å². The molecule has 0 saturated heterocycles. The largest absolute Gasteiger partial charge is 0.594 e. The summed E-state index contributed by atoms with van der Waals surface area (Å²) in [6, 6.07) is 4.07. The highest BCUT2D eigenvalue weighted by Gasteiger charge is 2.30. The van der Waals surface area contributed by atoms with E-state index in [1.807, 2.05) is 30.6 Å². The molecule has 0 N–H and O–H groups in total. The van der Waals surface area contributed by atoms with Crippen molar-refractivity contribution in [2.45, 2.75) is 58.5 Å². The summed E-state index contributed by atoms with van der Waals surface area (Å²) in [7, 11) is -1.30. The Bertz CT molecular complexity index is 1290. The highest BCUT2D eigenvalue weighted by Crippen LogP contribution is 2.47. The van der Waals surface area contributed by atoms with Crippen molar-refractivity contribution in [2.24, 2.45) is 0 Å². The van der Waals surface area contributed by atoms with Gasteiger partial charge in [-0.2, -0.15) is 8.78 Å². The summed E-state index contributed by atoms with van der Waals surface area (Å²) in [5, 5.41) is 16.6. The predicted octanol–water partition coefficient (Wildman–Crippen LogP) is 6.09. The summed E-state index contributed by atoms with van der Waals surface area (Å²) in [5.74, 6) is 0.125. The van der Waals surface area contributed by atoms with Crippen molar-refractivity contribution in [2.75, 3.05) is 6.61 Å². The fourth-order valence-corrected chi connectivity index (χ4v) is 5.01. The molecule has 1 aliphatic heterocycles. The first-order chi connectivity index (χ1) is 16.4. The third-order valence-electron chi connectivity index (χ3n) is 5.68. The third-order valence-corrected chi connectivity index (χ3v) is 7.77. The molecule has 0 unspecified atom stereocenters. The van der Waals surface area contributed by atoms with E-state index in [1.165, 1.54) is 18.5 Å². The molecular weight excluding hydrogens is 496 g/mol. The van der Waals surface area contributed by atoms with Gasteiger partial charge in [-0.05, 0) is 38.1 Å². The maximum atomic E-state index is 13.1. The van der Waals surface area contributed by atoms with Crippen LogP contribution in [0.15, 0.2) is 30.6 Å². The van der Waals surface area contributed by atoms with Gasteiger partial charge in [-0.1, -0.05) is 42.2 Å². The van der Waals surface area contributed by atoms with Gasteiger partial charge in [-0.3, -0.25) is 0 Å². The number of benzene rings is 1. The molecule has 0 fully saturated rings. The Hall–Kier alpha value is -2.69. The lowest BCUT2D eigenvalue weighted by atomic mass is 9.96. The minimum atomic E-state index is -3.00. The number of ether oxygens (including phenoxy) is 3. The fraction of sp³-hybridized carbons (Fsp3) is 0.417. The summed E-state index contributed by atoms with van der Waals surface area (Å²) in [5.41, 5.74) is 1.63. The van der Waals surface area contributed by atoms with E-state index in [1.54, 1.807) is 6.07 Å². The Balaban J connectivity index is 1.87. The van der Waals surface area contributed by atoms with Crippen LogP contribution < -0.4 is 14.3 Å². The predicted molar refractivity (Wildman–Crippen MR) is 134 cm³/mol. The molecule has 0 aliphatic carbocycles. The lowest BCUT2D eigenvalue weighted by Crippen LogP contribution is -2.29. The number of rotatable bonds is 8. The molecule has 0 radical (unpaired) electrons. The first-order valence-corrected chi connectivity index (χ1v) is 15.3. The van der Waals surface area contributed by atoms with Crippen LogP contribution in [0, 0.1) is 5.21 Å². The SMILES string of the molecule is CC1(C)C=Cc2c(-c3c(Cl)c4c[n+]([O-])ncc4n3COCC[Si](C)(C)C)ccc(OC(F)F)c2O1. The molecule has 4 rings (SSSR count). The minimum Gasteiger partial charge on any atom is -0.594 e. The summed E-state index contributed by atoms with van der Waals surface area (Å²) >= 11 is 6.81. The van der Waals surface area contributed by atoms with Crippen molar-refractivity contribution in [1.29, 1.82) is 0 Å². The van der Waals surface area contributed by atoms with E-state index in [0.29, 0.717) is 44.2 Å². The number of aromatic nitrogens is 3. The number of nitrogens with zero attached hydrogens (tertiary/aromatic N) is 3. The molecule has 3 aromatic rings. The van der Waals surface area contributed by atoms with Gasteiger partial charge in [0.25, 0.3) is 0 Å². The van der Waals surface area contributed by atoms with Crippen LogP contribution in [0.25, 0.3) is 28.2 Å². The van der Waals surface area contributed by atoms with Crippen LogP contribution in [0.4, 0.5) is 8.78 Å². The topological polar surface area (TPSA) is 72.5 Å². The van der Waals surface area contributed by atoms with Crippen LogP contribution in [-0.4, -0.2) is 36.6 Å². The van der Waals surface area contributed by atoms with E-state index in [9.17, 15) is 14.0 Å². The van der Waals surface area contributed by atoms with Crippen LogP contribution in [-0.2, 0) is 11.5 Å². The van der Waals surface area contributed by atoms with E-state index in [0.717, 1.165) is 6.04 Å². The first-order valence-electron chi connectivity index (χ1n) is 11.2. The second-order valence-electron chi connectivity index (χ2n) is 10.2. The second kappa shape index (κ2) is 9.40. The fourth-order valence-electron chi connectivity index (χ4n) is 3.90. The van der Waals surface area contributed by atoms with Gasteiger partial charge in [0, 0.05) is 30.9 Å². The smallest absolute Gasteiger partial charge is 0.387 e. The minimum absolute atomic E-state index is 0.0691. The molecule has 0 amide bonds. The summed E-state index contributed by atoms with van der Waals surface area (Å²) in [6.07, 6.45) is 6.39. The highest BCUT2D eigenvalue weighted by atomic mass is 35.5. The molecule has 7 nitrogen and oxygen atoms in total. The maximum absolute atomic E-state index is 13.1. The van der Waals surface area contributed by atoms with E-state index in [-0.39, 0.29) is 18.2 Å². The van der Waals surface area contributed by atoms with Crippen molar-refractivity contribution < 1.29 is 27.8 Å². The number of hydrogen-bond donors (Lipinski definition) is 0. The van der Waals surface area contributed by atoms with Crippen molar-refractivity contribution in [1.82, 2.24) is 9.67 Å². The number of alkyl halides is 2. The number of hydrogen-bond acceptors (Lipinski definition) is 5. The van der Waals surface area contributed by atoms with Gasteiger partial charge in [0.1, 0.15) is 18.5 Å². The summed E-state index contributed by atoms with van der Waals surface area (Å²) < 4.78 is 44.8. The first kappa shape index (κ1) is 25.4. The Labute approximate surface area is 208 Å². The van der Waals surface area contributed by atoms with E-state index in [2.05, 4.69) is 24.7 Å². The van der Waals surface area contributed by atoms with Gasteiger partial charge in [0.05, 0.1) is 21.6 Å². The molecule has 1 aromatic carbocycles. The lowest BCUT2D eigenvalue weighted by molar-refractivity contribution is -0.667. The normalized spacial score (nSPS) is 14.9. The van der Waals surface area contributed by atoms with E-state index in [4.69, 9.17) is 25.8 Å². The number of fused-ring (bicyclic) bond motifs is 2. The van der Waals surface area contributed by atoms with Crippen LogP contribution in [0.2, 0.25) is 30.7 Å². The zero-order valence-electron chi connectivity index (χ0n) is 20.3. The lowest BCUT2D eigenvalue weighted by Gasteiger charge is -2.30. The average Bonchev–Trinajstić information content (AvgIpc) is 3.01. The monoisotopic (exact) mass is 523 g/mol. The van der Waals surface area contributed by atoms with Crippen LogP contribution >= 0.6 is 11.6 Å². The summed E-state index contributed by atoms with van der Waals surface area (Å²) in [6.45, 7) is 8.19. The maximum Gasteiger partial charge on any atom is 0.387 e. The molecule has 1 aliphatic rings. The van der Waals surface area contributed by atoms with Gasteiger partial charge in [-0.15, -0.1) is 0 Å². The third kappa shape index (κ3) is 5.44. The Morgan fingerprint density at radius 3 is 2.71 bits per heavy atom. The second-order valence-corrected chi connectivity index (χ2v) is 16.2. The molecule has 11 heteroatoms. The summed E-state index contributed by atoms with van der Waals surface area (Å²) in [4.78, 5) is 0.439. The van der Waals surface area contributed by atoms with Gasteiger partial charge in [0.2, 0.25) is 6.20 Å². The van der Waals surface area contributed by atoms with E-state index >= 15 is 0 Å². The standard InChI is InChI=1S/C24H28ClF2N3O4Si/c1-24(2)9-8-16-15(6-7-19(22(16)34-24)33-23(26)27)21-20(25)17-13-30(31)28-12-18(17)29(21)14-32-10-11-35(3,4)5/h6-9,12-13,23H,10-11,14H2,1-5H3. The molecule has 0 atom stereocenters. The van der Waals surface area contributed by atoms with Gasteiger partial charge in [-0.25, -0.2) is 0 Å². The number of halogens is 3. The molecule has 3 heterocycles. The molecule has 0 bridgehead atoms. The molecule has 188 valence electrons. The average molecular weight is 524 g/mol. The zero-order chi connectivity index (χ0) is 25.5. The Morgan fingerprint density at radius 2 is 2.03 bits per heavy atom. The van der Waals surface area contributed by atoms with Crippen LogP contribution in [0.5, 0.6) is 11.5 Å². The van der Waals surface area contributed by atoms with Crippen LogP contribution in [0.1, 0.15) is 19.4 Å². The van der Waals surface area contributed by atoms with Gasteiger partial charge >= 0.3 is 6.61 Å². The van der Waals surface area contributed by atoms with Crippen molar-refractivity contribution in [3.63, 3.8) is 0 Å². The van der Waals surface area contributed by atoms with Crippen molar-refractivity contribution in [3.05, 3.63) is 46.4 Å². The van der Waals surface area contributed by atoms with Crippen molar-refractivity contribution in [3.8, 4) is 22.8 Å². The zero-order valence-corrected chi connectivity index (χ0v) is 22.0. The van der Waals surface area contributed by atoms with Crippen LogP contribution in [0.3, 0.4) is 0 Å². The highest BCUT2D eigenvalue weighted by molar-refractivity contribution is 6.76. The molecule has 35 heavy (non-hydrogen) atoms. The Kier molecular flexibility index (Phi) is 6.82. The van der Waals surface area contributed by atoms with E-state index < -0.39 is 20.3 Å². The molecular formula is C24H28ClF2N3O4Si. The Morgan fingerprint density at radius 1 is 1.29 bits per heavy atom. The van der Waals surface area contributed by atoms with Gasteiger partial charge in [0.15, 0.2) is 11.5 Å².